The number of hydrogen-bond donors (Lipinski definition) is 1. The van der Waals surface area contributed by atoms with Gasteiger partial charge in [-0.3, -0.25) is 0 Å². The first-order chi connectivity index (χ1) is 15.6. The maximum absolute atomic E-state index is 14.6. The summed E-state index contributed by atoms with van der Waals surface area (Å²) in [7, 11) is 0. The number of pyridine rings is 1. The van der Waals surface area contributed by atoms with Crippen LogP contribution in [0.1, 0.15) is 64.8 Å². The van der Waals surface area contributed by atoms with Crippen LogP contribution in [0.25, 0.3) is 16.7 Å². The number of halogens is 2. The Balaban J connectivity index is 2.09. The third-order valence-electron chi connectivity index (χ3n) is 5.81. The van der Waals surface area contributed by atoms with Crippen molar-refractivity contribution >= 4 is 28.5 Å². The van der Waals surface area contributed by atoms with Gasteiger partial charge in [0.1, 0.15) is 12.1 Å². The molecule has 1 aliphatic heterocycles. The van der Waals surface area contributed by atoms with E-state index in [2.05, 4.69) is 39.1 Å². The van der Waals surface area contributed by atoms with E-state index in [1.807, 2.05) is 32.6 Å². The predicted molar refractivity (Wildman–Crippen MR) is 128 cm³/mol. The van der Waals surface area contributed by atoms with Crippen molar-refractivity contribution in [2.45, 2.75) is 65.5 Å². The Morgan fingerprint density at radius 3 is 2.18 bits per heavy atom. The Kier molecular flexibility index (Phi) is 6.37. The van der Waals surface area contributed by atoms with Gasteiger partial charge in [0.05, 0.1) is 22.5 Å². The lowest BCUT2D eigenvalue weighted by Crippen LogP contribution is -2.55. The van der Waals surface area contributed by atoms with E-state index >= 15 is 0 Å². The van der Waals surface area contributed by atoms with Crippen LogP contribution >= 0.6 is 11.6 Å². The Labute approximate surface area is 197 Å². The SMILES string of the molecule is CC(C)c1ncnc(C(C)C)c1-n1c(=O)nc(N2C[C@@H](C)N[C@@H](C)C2)c2cc(F)c(Cl)nc21. The third-order valence-corrected chi connectivity index (χ3v) is 6.08. The maximum atomic E-state index is 14.6. The van der Waals surface area contributed by atoms with Crippen molar-refractivity contribution < 1.29 is 4.39 Å². The van der Waals surface area contributed by atoms with Crippen LogP contribution in [0.15, 0.2) is 17.2 Å². The molecule has 0 unspecified atom stereocenters. The van der Waals surface area contributed by atoms with Crippen LogP contribution in [-0.2, 0) is 0 Å². The molecule has 0 aromatic carbocycles. The summed E-state index contributed by atoms with van der Waals surface area (Å²) in [6.45, 7) is 13.4. The van der Waals surface area contributed by atoms with Crippen LogP contribution in [0.2, 0.25) is 5.15 Å². The number of piperazine rings is 1. The summed E-state index contributed by atoms with van der Waals surface area (Å²) in [6, 6.07) is 1.68. The average molecular weight is 474 g/mol. The minimum atomic E-state index is -0.661. The van der Waals surface area contributed by atoms with Crippen LogP contribution in [0.4, 0.5) is 10.2 Å². The van der Waals surface area contributed by atoms with E-state index in [1.165, 1.54) is 17.0 Å². The second kappa shape index (κ2) is 8.95. The molecular weight excluding hydrogens is 445 g/mol. The number of hydrogen-bond acceptors (Lipinski definition) is 7. The van der Waals surface area contributed by atoms with Crippen LogP contribution in [-0.4, -0.2) is 49.7 Å². The molecule has 1 aliphatic rings. The van der Waals surface area contributed by atoms with E-state index in [0.717, 1.165) is 0 Å². The van der Waals surface area contributed by atoms with Gasteiger partial charge in [0.25, 0.3) is 0 Å². The Hall–Kier alpha value is -2.65. The number of fused-ring (bicyclic) bond motifs is 1. The van der Waals surface area contributed by atoms with Gasteiger partial charge < -0.3 is 10.2 Å². The molecule has 3 aromatic rings. The minimum absolute atomic E-state index is 0.00733. The summed E-state index contributed by atoms with van der Waals surface area (Å²) in [5.74, 6) is -0.240. The number of aromatic nitrogens is 5. The summed E-state index contributed by atoms with van der Waals surface area (Å²) in [5, 5.41) is 3.58. The molecule has 10 heteroatoms. The van der Waals surface area contributed by atoms with Crippen molar-refractivity contribution in [2.24, 2.45) is 0 Å². The second-order valence-electron chi connectivity index (χ2n) is 9.36. The fraction of sp³-hybridized carbons (Fsp3) is 0.522. The minimum Gasteiger partial charge on any atom is -0.353 e. The standard InChI is InChI=1S/C23H29ClFN7O/c1-11(2)17-19(18(12(3)4)27-10-26-17)32-22-15(7-16(25)20(24)29-22)21(30-23(32)33)31-8-13(5)28-14(6)9-31/h7,10-14,28H,8-9H2,1-6H3/t13-,14+. The summed E-state index contributed by atoms with van der Waals surface area (Å²) >= 11 is 6.11. The van der Waals surface area contributed by atoms with E-state index in [1.54, 1.807) is 0 Å². The number of nitrogens with zero attached hydrogens (tertiary/aromatic N) is 6. The van der Waals surface area contributed by atoms with Gasteiger partial charge in [-0.25, -0.2) is 28.7 Å². The van der Waals surface area contributed by atoms with E-state index in [9.17, 15) is 9.18 Å². The van der Waals surface area contributed by atoms with Crippen molar-refractivity contribution in [3.63, 3.8) is 0 Å². The molecule has 0 radical (unpaired) electrons. The lowest BCUT2D eigenvalue weighted by Gasteiger charge is -2.37. The number of anilines is 1. The highest BCUT2D eigenvalue weighted by Gasteiger charge is 2.28. The molecule has 4 rings (SSSR count). The summed E-state index contributed by atoms with van der Waals surface area (Å²) < 4.78 is 16.0. The molecule has 3 aromatic heterocycles. The normalized spacial score (nSPS) is 19.2. The van der Waals surface area contributed by atoms with E-state index in [-0.39, 0.29) is 34.7 Å². The largest absolute Gasteiger partial charge is 0.355 e. The summed E-state index contributed by atoms with van der Waals surface area (Å²) in [4.78, 5) is 33.3. The van der Waals surface area contributed by atoms with Crippen LogP contribution < -0.4 is 15.9 Å². The van der Waals surface area contributed by atoms with Gasteiger partial charge in [-0.15, -0.1) is 0 Å². The van der Waals surface area contributed by atoms with Gasteiger partial charge in [-0.05, 0) is 31.7 Å². The molecule has 4 heterocycles. The summed E-state index contributed by atoms with van der Waals surface area (Å²) in [5.41, 5.74) is 1.64. The van der Waals surface area contributed by atoms with E-state index < -0.39 is 11.5 Å². The molecule has 0 bridgehead atoms. The van der Waals surface area contributed by atoms with Gasteiger partial charge in [-0.1, -0.05) is 39.3 Å². The van der Waals surface area contributed by atoms with Crippen molar-refractivity contribution in [1.82, 2.24) is 29.8 Å². The molecular formula is C23H29ClFN7O. The molecule has 1 saturated heterocycles. The average Bonchev–Trinajstić information content (AvgIpc) is 2.73. The number of nitrogens with one attached hydrogen (secondary N) is 1. The zero-order chi connectivity index (χ0) is 24.0. The summed E-state index contributed by atoms with van der Waals surface area (Å²) in [6.07, 6.45) is 1.51. The predicted octanol–water partition coefficient (Wildman–Crippen LogP) is 3.80. The van der Waals surface area contributed by atoms with Crippen molar-refractivity contribution in [3.8, 4) is 5.69 Å². The lowest BCUT2D eigenvalue weighted by molar-refractivity contribution is 0.405. The molecule has 176 valence electrons. The van der Waals surface area contributed by atoms with E-state index in [0.29, 0.717) is 41.4 Å². The monoisotopic (exact) mass is 473 g/mol. The quantitative estimate of drug-likeness (QED) is 0.576. The van der Waals surface area contributed by atoms with Crippen molar-refractivity contribution in [1.29, 1.82) is 0 Å². The molecule has 0 saturated carbocycles. The fourth-order valence-corrected chi connectivity index (χ4v) is 4.64. The third kappa shape index (κ3) is 4.31. The highest BCUT2D eigenvalue weighted by atomic mass is 35.5. The highest BCUT2D eigenvalue weighted by molar-refractivity contribution is 6.30. The molecule has 2 atom stereocenters. The Morgan fingerprint density at radius 2 is 1.64 bits per heavy atom. The van der Waals surface area contributed by atoms with Gasteiger partial charge >= 0.3 is 5.69 Å². The number of rotatable bonds is 4. The zero-order valence-electron chi connectivity index (χ0n) is 19.7. The molecule has 1 fully saturated rings. The lowest BCUT2D eigenvalue weighted by atomic mass is 10.0. The molecule has 0 amide bonds. The topological polar surface area (TPSA) is 88.8 Å². The molecule has 8 nitrogen and oxygen atoms in total. The zero-order valence-corrected chi connectivity index (χ0v) is 20.5. The van der Waals surface area contributed by atoms with Gasteiger partial charge in [0.2, 0.25) is 0 Å². The fourth-order valence-electron chi connectivity index (χ4n) is 4.51. The Morgan fingerprint density at radius 1 is 1.06 bits per heavy atom. The first-order valence-electron chi connectivity index (χ1n) is 11.2. The van der Waals surface area contributed by atoms with Gasteiger partial charge in [0, 0.05) is 25.2 Å². The maximum Gasteiger partial charge on any atom is 0.355 e. The molecule has 0 spiro atoms. The molecule has 1 N–H and O–H groups in total. The van der Waals surface area contributed by atoms with E-state index in [4.69, 9.17) is 11.6 Å². The first kappa shape index (κ1) is 23.5. The highest BCUT2D eigenvalue weighted by Crippen LogP contribution is 2.32. The second-order valence-corrected chi connectivity index (χ2v) is 9.72. The van der Waals surface area contributed by atoms with Gasteiger partial charge in [0.15, 0.2) is 16.6 Å². The molecule has 33 heavy (non-hydrogen) atoms. The van der Waals surface area contributed by atoms with Crippen LogP contribution in [0.5, 0.6) is 0 Å². The van der Waals surface area contributed by atoms with Crippen LogP contribution in [0.3, 0.4) is 0 Å². The van der Waals surface area contributed by atoms with Crippen molar-refractivity contribution in [3.05, 3.63) is 45.2 Å². The Bertz CT molecular complexity index is 1220. The molecule has 0 aliphatic carbocycles. The van der Waals surface area contributed by atoms with Crippen molar-refractivity contribution in [2.75, 3.05) is 18.0 Å². The smallest absolute Gasteiger partial charge is 0.353 e. The van der Waals surface area contributed by atoms with Gasteiger partial charge in [-0.2, -0.15) is 4.98 Å². The van der Waals surface area contributed by atoms with Crippen LogP contribution in [0, 0.1) is 5.82 Å². The first-order valence-corrected chi connectivity index (χ1v) is 11.6.